The molecule has 10 heteroatoms. The summed E-state index contributed by atoms with van der Waals surface area (Å²) in [6, 6.07) is 21.1. The van der Waals surface area contributed by atoms with Crippen LogP contribution in [0.25, 0.3) is 17.1 Å². The van der Waals surface area contributed by atoms with Gasteiger partial charge >= 0.3 is 5.97 Å². The number of phenolic OH excluding ortho intramolecular Hbond substituents is 1. The summed E-state index contributed by atoms with van der Waals surface area (Å²) < 4.78 is 7.33. The van der Waals surface area contributed by atoms with Crippen LogP contribution in [-0.2, 0) is 9.53 Å². The zero-order valence-electron chi connectivity index (χ0n) is 17.9. The molecule has 1 heterocycles. The zero-order chi connectivity index (χ0) is 24.1. The van der Waals surface area contributed by atoms with Crippen LogP contribution in [0.15, 0.2) is 82.4 Å². The fourth-order valence-electron chi connectivity index (χ4n) is 3.23. The van der Waals surface area contributed by atoms with Gasteiger partial charge in [-0.25, -0.2) is 4.79 Å². The third-order valence-corrected chi connectivity index (χ3v) is 6.21. The van der Waals surface area contributed by atoms with E-state index >= 15 is 0 Å². The normalized spacial score (nSPS) is 10.6. The van der Waals surface area contributed by atoms with Gasteiger partial charge in [0.05, 0.1) is 29.7 Å². The van der Waals surface area contributed by atoms with Crippen LogP contribution in [0, 0.1) is 0 Å². The summed E-state index contributed by atoms with van der Waals surface area (Å²) in [6.45, 7) is 0. The van der Waals surface area contributed by atoms with Crippen molar-refractivity contribution in [2.45, 2.75) is 5.16 Å². The lowest BCUT2D eigenvalue weighted by atomic mass is 10.2. The first-order valence-electron chi connectivity index (χ1n) is 10.1. The molecule has 34 heavy (non-hydrogen) atoms. The molecule has 0 saturated carbocycles. The van der Waals surface area contributed by atoms with E-state index in [4.69, 9.17) is 4.74 Å². The Bertz CT molecular complexity index is 1340. The van der Waals surface area contributed by atoms with Crippen LogP contribution in [0.5, 0.6) is 5.75 Å². The molecule has 0 fully saturated rings. The molecule has 0 spiro atoms. The quantitative estimate of drug-likeness (QED) is 0.254. The third-order valence-electron chi connectivity index (χ3n) is 4.79. The van der Waals surface area contributed by atoms with E-state index in [-0.39, 0.29) is 23.0 Å². The Hall–Kier alpha value is -3.63. The number of amides is 1. The lowest BCUT2D eigenvalue weighted by Gasteiger charge is -2.12. The van der Waals surface area contributed by atoms with Crippen molar-refractivity contribution in [3.8, 4) is 22.8 Å². The van der Waals surface area contributed by atoms with Gasteiger partial charge in [-0.2, -0.15) is 0 Å². The molecule has 0 atom stereocenters. The minimum Gasteiger partial charge on any atom is -0.507 e. The summed E-state index contributed by atoms with van der Waals surface area (Å²) in [5, 5.41) is 22.2. The van der Waals surface area contributed by atoms with Crippen molar-refractivity contribution in [2.75, 3.05) is 18.2 Å². The molecule has 3 aromatic carbocycles. The maximum atomic E-state index is 12.7. The number of hydrogen-bond donors (Lipinski definition) is 2. The highest BCUT2D eigenvalue weighted by Crippen LogP contribution is 2.34. The Morgan fingerprint density at radius 3 is 2.56 bits per heavy atom. The summed E-state index contributed by atoms with van der Waals surface area (Å²) in [5.41, 5.74) is 1.90. The Balaban J connectivity index is 1.61. The minimum absolute atomic E-state index is 0.0188. The molecular formula is C24H19BrN4O4S. The lowest BCUT2D eigenvalue weighted by molar-refractivity contribution is -0.113. The fraction of sp³-hybridized carbons (Fsp3) is 0.0833. The number of hydrogen-bond acceptors (Lipinski definition) is 7. The largest absolute Gasteiger partial charge is 0.507 e. The molecule has 0 unspecified atom stereocenters. The summed E-state index contributed by atoms with van der Waals surface area (Å²) in [4.78, 5) is 24.6. The van der Waals surface area contributed by atoms with Gasteiger partial charge in [-0.05, 0) is 42.5 Å². The maximum absolute atomic E-state index is 12.7. The highest BCUT2D eigenvalue weighted by atomic mass is 79.9. The second kappa shape index (κ2) is 10.5. The van der Waals surface area contributed by atoms with Crippen LogP contribution in [0.4, 0.5) is 5.69 Å². The van der Waals surface area contributed by atoms with Crippen LogP contribution in [0.1, 0.15) is 10.4 Å². The minimum atomic E-state index is -0.536. The van der Waals surface area contributed by atoms with Crippen molar-refractivity contribution in [1.29, 1.82) is 0 Å². The number of esters is 1. The molecule has 0 aliphatic rings. The second-order valence-corrected chi connectivity index (χ2v) is 8.87. The van der Waals surface area contributed by atoms with Crippen molar-refractivity contribution >= 4 is 45.3 Å². The summed E-state index contributed by atoms with van der Waals surface area (Å²) in [6.07, 6.45) is 0. The highest BCUT2D eigenvalue weighted by molar-refractivity contribution is 9.10. The number of aromatic hydroxyl groups is 1. The first-order chi connectivity index (χ1) is 16.5. The number of aromatic nitrogens is 3. The van der Waals surface area contributed by atoms with Gasteiger partial charge in [0.15, 0.2) is 11.0 Å². The van der Waals surface area contributed by atoms with Crippen LogP contribution in [0.3, 0.4) is 0 Å². The predicted octanol–water partition coefficient (Wildman–Crippen LogP) is 4.92. The Labute approximate surface area is 208 Å². The van der Waals surface area contributed by atoms with Gasteiger partial charge in [0.1, 0.15) is 5.75 Å². The van der Waals surface area contributed by atoms with Crippen LogP contribution in [0.2, 0.25) is 0 Å². The van der Waals surface area contributed by atoms with Gasteiger partial charge < -0.3 is 15.2 Å². The van der Waals surface area contributed by atoms with E-state index in [0.29, 0.717) is 22.2 Å². The van der Waals surface area contributed by atoms with E-state index in [1.54, 1.807) is 47.0 Å². The molecule has 0 aliphatic carbocycles. The summed E-state index contributed by atoms with van der Waals surface area (Å²) in [5.74, 6) is -0.350. The number of phenols is 1. The van der Waals surface area contributed by atoms with Gasteiger partial charge in [-0.1, -0.05) is 58.0 Å². The molecule has 2 N–H and O–H groups in total. The molecule has 0 aliphatic heterocycles. The first-order valence-corrected chi connectivity index (χ1v) is 11.9. The maximum Gasteiger partial charge on any atom is 0.339 e. The van der Waals surface area contributed by atoms with Crippen molar-refractivity contribution in [3.05, 3.63) is 82.8 Å². The molecule has 1 aromatic heterocycles. The number of halogens is 1. The van der Waals surface area contributed by atoms with Crippen molar-refractivity contribution < 1.29 is 19.4 Å². The van der Waals surface area contributed by atoms with Gasteiger partial charge in [0.25, 0.3) is 0 Å². The molecule has 0 radical (unpaired) electrons. The van der Waals surface area contributed by atoms with E-state index in [2.05, 4.69) is 31.4 Å². The molecule has 0 saturated heterocycles. The number of nitrogens with one attached hydrogen (secondary N) is 1. The summed E-state index contributed by atoms with van der Waals surface area (Å²) in [7, 11) is 1.29. The predicted molar refractivity (Wildman–Crippen MR) is 133 cm³/mol. The molecule has 0 bridgehead atoms. The average Bonchev–Trinajstić information content (AvgIpc) is 3.28. The smallest absolute Gasteiger partial charge is 0.339 e. The highest BCUT2D eigenvalue weighted by Gasteiger charge is 2.20. The third kappa shape index (κ3) is 5.13. The molecule has 1 amide bonds. The van der Waals surface area contributed by atoms with Crippen molar-refractivity contribution in [2.24, 2.45) is 0 Å². The summed E-state index contributed by atoms with van der Waals surface area (Å²) >= 11 is 4.61. The number of benzene rings is 3. The number of anilines is 1. The number of carbonyl (C=O) groups excluding carboxylic acids is 2. The number of carbonyl (C=O) groups is 2. The number of thioether (sulfide) groups is 1. The number of methoxy groups -OCH3 is 1. The molecule has 172 valence electrons. The fourth-order valence-corrected chi connectivity index (χ4v) is 4.34. The van der Waals surface area contributed by atoms with E-state index in [1.165, 1.54) is 18.9 Å². The molecule has 8 nitrogen and oxygen atoms in total. The lowest BCUT2D eigenvalue weighted by Crippen LogP contribution is -2.17. The van der Waals surface area contributed by atoms with Gasteiger partial charge in [0, 0.05) is 10.2 Å². The van der Waals surface area contributed by atoms with E-state index in [9.17, 15) is 14.7 Å². The standard InChI is InChI=1S/C24H19BrN4O4S/c1-33-23(32)17-9-5-6-10-19(17)26-21(31)14-34-24-28-27-22(18-13-15(25)11-12-20(18)30)29(24)16-7-3-2-4-8-16/h2-13,30H,14H2,1H3,(H,26,31). The van der Waals surface area contributed by atoms with E-state index in [0.717, 1.165) is 10.2 Å². The number of rotatable bonds is 7. The number of para-hydroxylation sites is 2. The first kappa shape index (κ1) is 23.5. The van der Waals surface area contributed by atoms with Gasteiger partial charge in [0.2, 0.25) is 5.91 Å². The number of nitrogens with zero attached hydrogens (tertiary/aromatic N) is 3. The molecular weight excluding hydrogens is 520 g/mol. The van der Waals surface area contributed by atoms with Gasteiger partial charge in [-0.15, -0.1) is 10.2 Å². The Morgan fingerprint density at radius 1 is 1.06 bits per heavy atom. The van der Waals surface area contributed by atoms with E-state index < -0.39 is 5.97 Å². The monoisotopic (exact) mass is 538 g/mol. The van der Waals surface area contributed by atoms with E-state index in [1.807, 2.05) is 30.3 Å². The SMILES string of the molecule is COC(=O)c1ccccc1NC(=O)CSc1nnc(-c2cc(Br)ccc2O)n1-c1ccccc1. The average molecular weight is 539 g/mol. The topological polar surface area (TPSA) is 106 Å². The van der Waals surface area contributed by atoms with Crippen molar-refractivity contribution in [1.82, 2.24) is 14.8 Å². The second-order valence-electron chi connectivity index (χ2n) is 7.01. The zero-order valence-corrected chi connectivity index (χ0v) is 20.3. The van der Waals surface area contributed by atoms with Crippen molar-refractivity contribution in [3.63, 3.8) is 0 Å². The van der Waals surface area contributed by atoms with Crippen LogP contribution < -0.4 is 5.32 Å². The Morgan fingerprint density at radius 2 is 1.79 bits per heavy atom. The molecule has 4 rings (SSSR count). The number of ether oxygens (including phenoxy) is 1. The van der Waals surface area contributed by atoms with Crippen LogP contribution >= 0.6 is 27.7 Å². The molecule has 4 aromatic rings. The van der Waals surface area contributed by atoms with Crippen LogP contribution in [-0.4, -0.2) is 44.6 Å². The van der Waals surface area contributed by atoms with Gasteiger partial charge in [-0.3, -0.25) is 9.36 Å². The Kier molecular flexibility index (Phi) is 7.29.